The van der Waals surface area contributed by atoms with Gasteiger partial charge >= 0.3 is 5.97 Å². The van der Waals surface area contributed by atoms with Gasteiger partial charge in [-0.3, -0.25) is 9.59 Å². The van der Waals surface area contributed by atoms with E-state index in [4.69, 9.17) is 4.74 Å². The molecule has 0 fully saturated rings. The second-order valence-electron chi connectivity index (χ2n) is 6.04. The van der Waals surface area contributed by atoms with Crippen LogP contribution in [0.25, 0.3) is 0 Å². The number of carbonyl (C=O) groups excluding carboxylic acids is 3. The van der Waals surface area contributed by atoms with Crippen molar-refractivity contribution in [2.24, 2.45) is 0 Å². The molecule has 0 aromatic heterocycles. The first-order chi connectivity index (χ1) is 13.2. The van der Waals surface area contributed by atoms with Crippen molar-refractivity contribution < 1.29 is 27.5 Å². The average molecular weight is 403 g/mol. The maximum atomic E-state index is 12.4. The van der Waals surface area contributed by atoms with Gasteiger partial charge < -0.3 is 10.1 Å². The minimum atomic E-state index is -3.63. The smallest absolute Gasteiger partial charge is 0.340 e. The predicted molar refractivity (Wildman–Crippen MR) is 104 cm³/mol. The molecule has 1 unspecified atom stereocenters. The van der Waals surface area contributed by atoms with Crippen LogP contribution in [0, 0.1) is 0 Å². The number of esters is 1. The van der Waals surface area contributed by atoms with Crippen LogP contribution in [-0.4, -0.2) is 37.9 Å². The molecule has 8 heteroatoms. The van der Waals surface area contributed by atoms with Crippen molar-refractivity contribution in [3.8, 4) is 0 Å². The van der Waals surface area contributed by atoms with Crippen LogP contribution < -0.4 is 5.32 Å². The second kappa shape index (κ2) is 8.79. The van der Waals surface area contributed by atoms with E-state index in [-0.39, 0.29) is 22.0 Å². The van der Waals surface area contributed by atoms with Crippen LogP contribution in [0.4, 0.5) is 5.69 Å². The summed E-state index contributed by atoms with van der Waals surface area (Å²) in [6, 6.07) is 12.1. The van der Waals surface area contributed by atoms with Gasteiger partial charge in [0, 0.05) is 5.56 Å². The highest BCUT2D eigenvalue weighted by atomic mass is 32.2. The SMILES string of the molecule is CCS(=O)(=O)c1ccccc1C(=O)OC(C)C(=O)Nc1ccccc1C(C)=O. The van der Waals surface area contributed by atoms with Crippen LogP contribution in [0.15, 0.2) is 53.4 Å². The first-order valence-electron chi connectivity index (χ1n) is 8.61. The lowest BCUT2D eigenvalue weighted by molar-refractivity contribution is -0.123. The zero-order valence-corrected chi connectivity index (χ0v) is 16.6. The largest absolute Gasteiger partial charge is 0.449 e. The van der Waals surface area contributed by atoms with Gasteiger partial charge in [-0.25, -0.2) is 13.2 Å². The van der Waals surface area contributed by atoms with Crippen LogP contribution in [0.5, 0.6) is 0 Å². The van der Waals surface area contributed by atoms with Crippen molar-refractivity contribution in [1.82, 2.24) is 0 Å². The molecule has 1 amide bonds. The molecule has 0 saturated carbocycles. The molecule has 0 aliphatic carbocycles. The molecule has 0 bridgehead atoms. The predicted octanol–water partition coefficient (Wildman–Crippen LogP) is 2.87. The van der Waals surface area contributed by atoms with E-state index < -0.39 is 27.8 Å². The first kappa shape index (κ1) is 21.3. The average Bonchev–Trinajstić information content (AvgIpc) is 2.68. The van der Waals surface area contributed by atoms with Crippen LogP contribution in [0.2, 0.25) is 0 Å². The maximum Gasteiger partial charge on any atom is 0.340 e. The van der Waals surface area contributed by atoms with Crippen molar-refractivity contribution >= 4 is 33.2 Å². The number of ether oxygens (including phenoxy) is 1. The Kier molecular flexibility index (Phi) is 6.69. The summed E-state index contributed by atoms with van der Waals surface area (Å²) in [5, 5.41) is 2.55. The van der Waals surface area contributed by atoms with E-state index >= 15 is 0 Å². The van der Waals surface area contributed by atoms with Gasteiger partial charge in [0.25, 0.3) is 5.91 Å². The summed E-state index contributed by atoms with van der Waals surface area (Å²) >= 11 is 0. The van der Waals surface area contributed by atoms with E-state index in [9.17, 15) is 22.8 Å². The maximum absolute atomic E-state index is 12.4. The van der Waals surface area contributed by atoms with E-state index in [1.807, 2.05) is 0 Å². The Morgan fingerprint density at radius 2 is 1.57 bits per heavy atom. The number of ketones is 1. The molecule has 0 spiro atoms. The van der Waals surface area contributed by atoms with E-state index in [0.717, 1.165) is 0 Å². The van der Waals surface area contributed by atoms with E-state index in [1.165, 1.54) is 45.0 Å². The standard InChI is InChI=1S/C20H21NO6S/c1-4-28(25,26)18-12-8-6-10-16(18)20(24)27-14(3)19(23)21-17-11-7-5-9-15(17)13(2)22/h5-12,14H,4H2,1-3H3,(H,21,23). The molecule has 2 rings (SSSR count). The minimum absolute atomic E-state index is 0.131. The molecule has 1 atom stereocenters. The van der Waals surface area contributed by atoms with Gasteiger partial charge in [0.05, 0.1) is 21.9 Å². The van der Waals surface area contributed by atoms with Gasteiger partial charge in [0.1, 0.15) is 0 Å². The molecule has 148 valence electrons. The lowest BCUT2D eigenvalue weighted by atomic mass is 10.1. The molecule has 0 heterocycles. The van der Waals surface area contributed by atoms with Crippen molar-refractivity contribution in [1.29, 1.82) is 0 Å². The third-order valence-electron chi connectivity index (χ3n) is 4.04. The summed E-state index contributed by atoms with van der Waals surface area (Å²) in [7, 11) is -3.63. The fourth-order valence-corrected chi connectivity index (χ4v) is 3.56. The van der Waals surface area contributed by atoms with Crippen LogP contribution in [0.3, 0.4) is 0 Å². The first-order valence-corrected chi connectivity index (χ1v) is 10.3. The summed E-state index contributed by atoms with van der Waals surface area (Å²) in [4.78, 5) is 36.3. The number of anilines is 1. The van der Waals surface area contributed by atoms with E-state index in [0.29, 0.717) is 11.3 Å². The quantitative estimate of drug-likeness (QED) is 0.563. The molecule has 0 saturated heterocycles. The number of sulfone groups is 1. The number of para-hydroxylation sites is 1. The van der Waals surface area contributed by atoms with Gasteiger partial charge in [-0.2, -0.15) is 0 Å². The molecule has 0 aliphatic rings. The highest BCUT2D eigenvalue weighted by molar-refractivity contribution is 7.91. The Bertz CT molecular complexity index is 1010. The number of hydrogen-bond donors (Lipinski definition) is 1. The highest BCUT2D eigenvalue weighted by Gasteiger charge is 2.25. The lowest BCUT2D eigenvalue weighted by Gasteiger charge is -2.16. The molecule has 2 aromatic rings. The number of rotatable bonds is 7. The van der Waals surface area contributed by atoms with Crippen LogP contribution in [0.1, 0.15) is 41.5 Å². The number of benzene rings is 2. The van der Waals surface area contributed by atoms with Gasteiger partial charge in [0.15, 0.2) is 21.7 Å². The number of hydrogen-bond acceptors (Lipinski definition) is 6. The van der Waals surface area contributed by atoms with Crippen molar-refractivity contribution in [3.05, 3.63) is 59.7 Å². The van der Waals surface area contributed by atoms with Crippen LogP contribution in [-0.2, 0) is 19.4 Å². The summed E-state index contributed by atoms with van der Waals surface area (Å²) < 4.78 is 29.5. The van der Waals surface area contributed by atoms with Crippen molar-refractivity contribution in [3.63, 3.8) is 0 Å². The summed E-state index contributed by atoms with van der Waals surface area (Å²) in [6.07, 6.45) is -1.20. The Morgan fingerprint density at radius 3 is 2.18 bits per heavy atom. The molecule has 28 heavy (non-hydrogen) atoms. The Labute approximate surface area is 163 Å². The zero-order chi connectivity index (χ0) is 20.9. The topological polar surface area (TPSA) is 107 Å². The monoisotopic (exact) mass is 403 g/mol. The fraction of sp³-hybridized carbons (Fsp3) is 0.250. The summed E-state index contributed by atoms with van der Waals surface area (Å²) in [6.45, 7) is 4.21. The Balaban J connectivity index is 2.18. The molecular formula is C20H21NO6S. The lowest BCUT2D eigenvalue weighted by Crippen LogP contribution is -2.31. The normalized spacial score (nSPS) is 12.1. The van der Waals surface area contributed by atoms with Gasteiger partial charge in [-0.1, -0.05) is 31.2 Å². The third-order valence-corrected chi connectivity index (χ3v) is 5.83. The molecular weight excluding hydrogens is 382 g/mol. The third kappa shape index (κ3) is 4.83. The van der Waals surface area contributed by atoms with Gasteiger partial charge in [-0.05, 0) is 38.1 Å². The number of nitrogens with one attached hydrogen (secondary N) is 1. The summed E-state index contributed by atoms with van der Waals surface area (Å²) in [5.41, 5.74) is 0.499. The number of carbonyl (C=O) groups is 3. The van der Waals surface area contributed by atoms with E-state index in [2.05, 4.69) is 5.32 Å². The Morgan fingerprint density at radius 1 is 1.00 bits per heavy atom. The molecule has 1 N–H and O–H groups in total. The van der Waals surface area contributed by atoms with E-state index in [1.54, 1.807) is 24.3 Å². The number of Topliss-reactive ketones (excluding diaryl/α,β-unsaturated/α-hetero) is 1. The molecule has 7 nitrogen and oxygen atoms in total. The summed E-state index contributed by atoms with van der Waals surface area (Å²) in [5.74, 6) is -1.96. The van der Waals surface area contributed by atoms with Crippen LogP contribution >= 0.6 is 0 Å². The fourth-order valence-electron chi connectivity index (χ4n) is 2.47. The van der Waals surface area contributed by atoms with Crippen molar-refractivity contribution in [2.75, 3.05) is 11.1 Å². The molecule has 2 aromatic carbocycles. The van der Waals surface area contributed by atoms with Gasteiger partial charge in [0.2, 0.25) is 0 Å². The zero-order valence-electron chi connectivity index (χ0n) is 15.8. The number of amides is 1. The molecule has 0 radical (unpaired) electrons. The highest BCUT2D eigenvalue weighted by Crippen LogP contribution is 2.20. The minimum Gasteiger partial charge on any atom is -0.449 e. The Hall–Kier alpha value is -3.00. The second-order valence-corrected chi connectivity index (χ2v) is 8.28. The van der Waals surface area contributed by atoms with Gasteiger partial charge in [-0.15, -0.1) is 0 Å². The van der Waals surface area contributed by atoms with Crippen molar-refractivity contribution in [2.45, 2.75) is 31.8 Å². The molecule has 0 aliphatic heterocycles.